The summed E-state index contributed by atoms with van der Waals surface area (Å²) in [7, 11) is 0. The first-order chi connectivity index (χ1) is 8.04. The standard InChI is InChI=1S/C11H8Cl2FN3/c1-6-15-10(13)5-11(16-6)17-9-3-2-7(14)4-8(9)12/h2-5H,1H3,(H,15,16,17). The Morgan fingerprint density at radius 2 is 1.94 bits per heavy atom. The number of nitrogens with one attached hydrogen (secondary N) is 1. The fourth-order valence-electron chi connectivity index (χ4n) is 1.32. The summed E-state index contributed by atoms with van der Waals surface area (Å²) in [5, 5.41) is 3.55. The van der Waals surface area contributed by atoms with Crippen LogP contribution in [0.2, 0.25) is 10.2 Å². The smallest absolute Gasteiger partial charge is 0.135 e. The molecule has 0 saturated heterocycles. The predicted octanol–water partition coefficient (Wildman–Crippen LogP) is 3.97. The molecule has 1 aromatic carbocycles. The van der Waals surface area contributed by atoms with Crippen LogP contribution in [0.15, 0.2) is 24.3 Å². The van der Waals surface area contributed by atoms with E-state index in [0.29, 0.717) is 22.5 Å². The van der Waals surface area contributed by atoms with Gasteiger partial charge in [0.15, 0.2) is 0 Å². The molecule has 1 aromatic heterocycles. The van der Waals surface area contributed by atoms with Gasteiger partial charge in [-0.2, -0.15) is 0 Å². The van der Waals surface area contributed by atoms with Gasteiger partial charge in [0.25, 0.3) is 0 Å². The molecule has 0 aliphatic rings. The van der Waals surface area contributed by atoms with Crippen molar-refractivity contribution in [2.45, 2.75) is 6.92 Å². The van der Waals surface area contributed by atoms with E-state index in [1.165, 1.54) is 18.2 Å². The number of hydrogen-bond donors (Lipinski definition) is 1. The fraction of sp³-hybridized carbons (Fsp3) is 0.0909. The Labute approximate surface area is 108 Å². The molecular formula is C11H8Cl2FN3. The molecule has 0 atom stereocenters. The third kappa shape index (κ3) is 3.05. The van der Waals surface area contributed by atoms with Gasteiger partial charge in [0, 0.05) is 6.07 Å². The van der Waals surface area contributed by atoms with Crippen molar-refractivity contribution in [1.29, 1.82) is 0 Å². The monoisotopic (exact) mass is 271 g/mol. The quantitative estimate of drug-likeness (QED) is 0.840. The van der Waals surface area contributed by atoms with Crippen LogP contribution in [0, 0.1) is 12.7 Å². The normalized spacial score (nSPS) is 10.4. The average molecular weight is 272 g/mol. The summed E-state index contributed by atoms with van der Waals surface area (Å²) in [6.07, 6.45) is 0. The SMILES string of the molecule is Cc1nc(Cl)cc(Nc2ccc(F)cc2Cl)n1. The van der Waals surface area contributed by atoms with Gasteiger partial charge in [-0.1, -0.05) is 23.2 Å². The molecule has 0 saturated carbocycles. The molecule has 2 aromatic rings. The number of rotatable bonds is 2. The highest BCUT2D eigenvalue weighted by atomic mass is 35.5. The first kappa shape index (κ1) is 12.1. The van der Waals surface area contributed by atoms with E-state index < -0.39 is 5.82 Å². The molecule has 88 valence electrons. The zero-order chi connectivity index (χ0) is 12.4. The third-order valence-electron chi connectivity index (χ3n) is 2.00. The van der Waals surface area contributed by atoms with E-state index in [0.717, 1.165) is 0 Å². The Morgan fingerprint density at radius 1 is 1.18 bits per heavy atom. The molecule has 0 spiro atoms. The highest BCUT2D eigenvalue weighted by Gasteiger charge is 2.05. The molecule has 0 bridgehead atoms. The van der Waals surface area contributed by atoms with E-state index in [2.05, 4.69) is 15.3 Å². The van der Waals surface area contributed by atoms with E-state index in [1.807, 2.05) is 0 Å². The first-order valence-electron chi connectivity index (χ1n) is 4.78. The second-order valence-corrected chi connectivity index (χ2v) is 4.17. The van der Waals surface area contributed by atoms with Crippen LogP contribution in [-0.2, 0) is 0 Å². The van der Waals surface area contributed by atoms with Gasteiger partial charge in [-0.25, -0.2) is 14.4 Å². The Morgan fingerprint density at radius 3 is 2.59 bits per heavy atom. The lowest BCUT2D eigenvalue weighted by Gasteiger charge is -2.08. The van der Waals surface area contributed by atoms with Crippen LogP contribution in [-0.4, -0.2) is 9.97 Å². The second kappa shape index (κ2) is 4.85. The number of halogens is 3. The summed E-state index contributed by atoms with van der Waals surface area (Å²) >= 11 is 11.7. The first-order valence-corrected chi connectivity index (χ1v) is 5.53. The summed E-state index contributed by atoms with van der Waals surface area (Å²) in [5.41, 5.74) is 0.558. The van der Waals surface area contributed by atoms with Gasteiger partial charge in [-0.05, 0) is 25.1 Å². The van der Waals surface area contributed by atoms with Crippen LogP contribution in [0.5, 0.6) is 0 Å². The lowest BCUT2D eigenvalue weighted by atomic mass is 10.3. The Kier molecular flexibility index (Phi) is 3.45. The summed E-state index contributed by atoms with van der Waals surface area (Å²) < 4.78 is 12.9. The van der Waals surface area contributed by atoms with Crippen LogP contribution < -0.4 is 5.32 Å². The topological polar surface area (TPSA) is 37.8 Å². The Hall–Kier alpha value is -1.39. The molecule has 0 radical (unpaired) electrons. The number of anilines is 2. The van der Waals surface area contributed by atoms with Gasteiger partial charge in [0.1, 0.15) is 22.6 Å². The molecule has 0 fully saturated rings. The van der Waals surface area contributed by atoms with Crippen molar-refractivity contribution in [3.05, 3.63) is 46.1 Å². The van der Waals surface area contributed by atoms with Crippen LogP contribution in [0.25, 0.3) is 0 Å². The van der Waals surface area contributed by atoms with Crippen molar-refractivity contribution < 1.29 is 4.39 Å². The fourth-order valence-corrected chi connectivity index (χ4v) is 1.76. The highest BCUT2D eigenvalue weighted by molar-refractivity contribution is 6.33. The summed E-state index contributed by atoms with van der Waals surface area (Å²) in [4.78, 5) is 8.07. The van der Waals surface area contributed by atoms with Gasteiger partial charge in [0.05, 0.1) is 10.7 Å². The van der Waals surface area contributed by atoms with Gasteiger partial charge in [0.2, 0.25) is 0 Å². The maximum absolute atomic E-state index is 12.9. The van der Waals surface area contributed by atoms with Crippen LogP contribution in [0.3, 0.4) is 0 Å². The molecule has 3 nitrogen and oxygen atoms in total. The number of benzene rings is 1. The van der Waals surface area contributed by atoms with Gasteiger partial charge in [-0.15, -0.1) is 0 Å². The molecule has 0 amide bonds. The van der Waals surface area contributed by atoms with Crippen LogP contribution in [0.4, 0.5) is 15.9 Å². The minimum atomic E-state index is -0.391. The van der Waals surface area contributed by atoms with E-state index in [9.17, 15) is 4.39 Å². The van der Waals surface area contributed by atoms with Crippen LogP contribution >= 0.6 is 23.2 Å². The summed E-state index contributed by atoms with van der Waals surface area (Å²) in [6, 6.07) is 5.63. The minimum Gasteiger partial charge on any atom is -0.339 e. The summed E-state index contributed by atoms with van der Waals surface area (Å²) in [6.45, 7) is 1.73. The Balaban J connectivity index is 2.31. The summed E-state index contributed by atoms with van der Waals surface area (Å²) in [5.74, 6) is 0.659. The van der Waals surface area contributed by atoms with Gasteiger partial charge < -0.3 is 5.32 Å². The minimum absolute atomic E-state index is 0.275. The van der Waals surface area contributed by atoms with Gasteiger partial charge in [-0.3, -0.25) is 0 Å². The molecule has 6 heteroatoms. The van der Waals surface area contributed by atoms with Crippen molar-refractivity contribution in [2.75, 3.05) is 5.32 Å². The van der Waals surface area contributed by atoms with Crippen molar-refractivity contribution in [3.63, 3.8) is 0 Å². The maximum Gasteiger partial charge on any atom is 0.135 e. The predicted molar refractivity (Wildman–Crippen MR) is 66.5 cm³/mol. The van der Waals surface area contributed by atoms with Crippen molar-refractivity contribution >= 4 is 34.7 Å². The average Bonchev–Trinajstić information content (AvgIpc) is 2.21. The molecule has 1 heterocycles. The molecule has 2 rings (SSSR count). The molecule has 0 unspecified atom stereocenters. The largest absolute Gasteiger partial charge is 0.339 e. The maximum atomic E-state index is 12.9. The van der Waals surface area contributed by atoms with Crippen molar-refractivity contribution in [3.8, 4) is 0 Å². The Bertz CT molecular complexity index is 540. The van der Waals surface area contributed by atoms with Crippen molar-refractivity contribution in [2.24, 2.45) is 0 Å². The zero-order valence-electron chi connectivity index (χ0n) is 8.84. The van der Waals surface area contributed by atoms with E-state index in [4.69, 9.17) is 23.2 Å². The van der Waals surface area contributed by atoms with E-state index >= 15 is 0 Å². The zero-order valence-corrected chi connectivity index (χ0v) is 10.3. The van der Waals surface area contributed by atoms with Crippen LogP contribution in [0.1, 0.15) is 5.82 Å². The van der Waals surface area contributed by atoms with Gasteiger partial charge >= 0.3 is 0 Å². The molecule has 0 aliphatic heterocycles. The number of hydrogen-bond acceptors (Lipinski definition) is 3. The lowest BCUT2D eigenvalue weighted by molar-refractivity contribution is 0.628. The molecule has 0 aliphatic carbocycles. The number of aromatic nitrogens is 2. The lowest BCUT2D eigenvalue weighted by Crippen LogP contribution is -1.98. The second-order valence-electron chi connectivity index (χ2n) is 3.37. The highest BCUT2D eigenvalue weighted by Crippen LogP contribution is 2.25. The molecular weight excluding hydrogens is 264 g/mol. The van der Waals surface area contributed by atoms with Crippen molar-refractivity contribution in [1.82, 2.24) is 9.97 Å². The van der Waals surface area contributed by atoms with E-state index in [1.54, 1.807) is 13.0 Å². The number of aryl methyl sites for hydroxylation is 1. The van der Waals surface area contributed by atoms with E-state index in [-0.39, 0.29) is 5.02 Å². The number of nitrogens with zero attached hydrogens (tertiary/aromatic N) is 2. The molecule has 17 heavy (non-hydrogen) atoms. The molecule has 1 N–H and O–H groups in total. The third-order valence-corrected chi connectivity index (χ3v) is 2.51.